The number of nitrogens with one attached hydrogen (secondary N) is 1. The van der Waals surface area contributed by atoms with Crippen molar-refractivity contribution in [3.63, 3.8) is 0 Å². The van der Waals surface area contributed by atoms with Gasteiger partial charge in [0.1, 0.15) is 12.4 Å². The average molecular weight is 395 g/mol. The lowest BCUT2D eigenvalue weighted by Gasteiger charge is -2.27. The van der Waals surface area contributed by atoms with E-state index in [-0.39, 0.29) is 48.8 Å². The third-order valence-corrected chi connectivity index (χ3v) is 4.32. The van der Waals surface area contributed by atoms with Crippen molar-refractivity contribution in [1.82, 2.24) is 14.5 Å². The number of nitrogen functional groups attached to an aromatic ring is 1. The predicted octanol–water partition coefficient (Wildman–Crippen LogP) is 0.606. The summed E-state index contributed by atoms with van der Waals surface area (Å²) in [6.07, 6.45) is -0.435. The van der Waals surface area contributed by atoms with Crippen LogP contribution in [-0.2, 0) is 16.1 Å². The van der Waals surface area contributed by atoms with Gasteiger partial charge in [0.05, 0.1) is 6.54 Å². The lowest BCUT2D eigenvalue weighted by Crippen LogP contribution is -2.44. The average Bonchev–Trinajstić information content (AvgIpc) is 3.00. The summed E-state index contributed by atoms with van der Waals surface area (Å²) in [5.41, 5.74) is 4.83. The molecule has 1 saturated heterocycles. The Balaban J connectivity index is 2.36. The molecule has 0 unspecified atom stereocenters. The summed E-state index contributed by atoms with van der Waals surface area (Å²) in [5, 5.41) is 0. The number of carbonyl (C=O) groups excluding carboxylic acids is 2. The van der Waals surface area contributed by atoms with Crippen molar-refractivity contribution in [3.05, 3.63) is 20.8 Å². The number of H-pyrrole nitrogens is 1. The van der Waals surface area contributed by atoms with Crippen molar-refractivity contribution in [1.29, 1.82) is 0 Å². The molecule has 0 aromatic carbocycles. The molecule has 156 valence electrons. The monoisotopic (exact) mass is 395 g/mol. The topological polar surface area (TPSA) is 131 Å². The number of rotatable bonds is 8. The van der Waals surface area contributed by atoms with E-state index in [1.165, 1.54) is 14.4 Å². The number of anilines is 2. The highest BCUT2D eigenvalue weighted by atomic mass is 16.6. The first-order valence-electron chi connectivity index (χ1n) is 9.46. The maximum absolute atomic E-state index is 12.9. The Bertz CT molecular complexity index is 842. The molecule has 2 amide bonds. The van der Waals surface area contributed by atoms with Crippen molar-refractivity contribution in [2.45, 2.75) is 40.7 Å². The van der Waals surface area contributed by atoms with Gasteiger partial charge in [0.25, 0.3) is 5.56 Å². The summed E-state index contributed by atoms with van der Waals surface area (Å²) in [4.78, 5) is 54.2. The van der Waals surface area contributed by atoms with E-state index in [9.17, 15) is 19.2 Å². The van der Waals surface area contributed by atoms with E-state index in [0.29, 0.717) is 19.7 Å². The molecule has 1 aliphatic rings. The highest BCUT2D eigenvalue weighted by Crippen LogP contribution is 2.20. The SMILES string of the molecule is CC(C)CN(C(=O)CCN1CCOC1=O)c1c(N)n(CC(C)C)c(=O)[nH]c1=O. The van der Waals surface area contributed by atoms with E-state index in [1.54, 1.807) is 0 Å². The minimum atomic E-state index is -0.697. The molecule has 0 saturated carbocycles. The van der Waals surface area contributed by atoms with E-state index < -0.39 is 17.3 Å². The largest absolute Gasteiger partial charge is 0.448 e. The number of hydrogen-bond donors (Lipinski definition) is 2. The van der Waals surface area contributed by atoms with Gasteiger partial charge in [-0.15, -0.1) is 0 Å². The van der Waals surface area contributed by atoms with Crippen LogP contribution in [0.3, 0.4) is 0 Å². The van der Waals surface area contributed by atoms with E-state index >= 15 is 0 Å². The summed E-state index contributed by atoms with van der Waals surface area (Å²) in [7, 11) is 0. The molecule has 1 aromatic heterocycles. The number of nitrogens with zero attached hydrogens (tertiary/aromatic N) is 3. The molecule has 10 nitrogen and oxygen atoms in total. The molecule has 1 fully saturated rings. The number of carbonyl (C=O) groups is 2. The molecular formula is C18H29N5O5. The molecule has 1 aliphatic heterocycles. The van der Waals surface area contributed by atoms with E-state index in [4.69, 9.17) is 10.5 Å². The molecule has 2 rings (SSSR count). The number of hydrogen-bond acceptors (Lipinski definition) is 6. The van der Waals surface area contributed by atoms with Gasteiger partial charge >= 0.3 is 11.8 Å². The molecule has 1 aromatic rings. The van der Waals surface area contributed by atoms with E-state index in [1.807, 2.05) is 27.7 Å². The molecule has 28 heavy (non-hydrogen) atoms. The lowest BCUT2D eigenvalue weighted by atomic mass is 10.1. The third kappa shape index (κ3) is 4.93. The van der Waals surface area contributed by atoms with Gasteiger partial charge < -0.3 is 20.3 Å². The number of ether oxygens (including phenoxy) is 1. The van der Waals surface area contributed by atoms with Gasteiger partial charge in [0.2, 0.25) is 5.91 Å². The fourth-order valence-electron chi connectivity index (χ4n) is 3.06. The molecule has 3 N–H and O–H groups in total. The summed E-state index contributed by atoms with van der Waals surface area (Å²) in [6, 6.07) is 0. The van der Waals surface area contributed by atoms with Gasteiger partial charge in [-0.2, -0.15) is 0 Å². The molecule has 10 heteroatoms. The summed E-state index contributed by atoms with van der Waals surface area (Å²) >= 11 is 0. The third-order valence-electron chi connectivity index (χ3n) is 4.32. The highest BCUT2D eigenvalue weighted by Gasteiger charge is 2.27. The molecular weight excluding hydrogens is 366 g/mol. The van der Waals surface area contributed by atoms with Gasteiger partial charge in [-0.3, -0.25) is 19.1 Å². The minimum Gasteiger partial charge on any atom is -0.448 e. The molecule has 0 aliphatic carbocycles. The number of aromatic nitrogens is 2. The van der Waals surface area contributed by atoms with E-state index in [2.05, 4.69) is 4.98 Å². The molecule has 0 atom stereocenters. The van der Waals surface area contributed by atoms with Crippen LogP contribution in [0, 0.1) is 11.8 Å². The Morgan fingerprint density at radius 3 is 2.43 bits per heavy atom. The highest BCUT2D eigenvalue weighted by molar-refractivity contribution is 5.95. The first-order chi connectivity index (χ1) is 13.1. The van der Waals surface area contributed by atoms with Crippen LogP contribution in [-0.4, -0.2) is 52.7 Å². The van der Waals surface area contributed by atoms with Gasteiger partial charge in [-0.05, 0) is 11.8 Å². The number of nitrogens with two attached hydrogens (primary N) is 1. The minimum absolute atomic E-state index is 0.0179. The molecule has 0 bridgehead atoms. The lowest BCUT2D eigenvalue weighted by molar-refractivity contribution is -0.118. The van der Waals surface area contributed by atoms with Crippen LogP contribution in [0.4, 0.5) is 16.3 Å². The number of cyclic esters (lactones) is 1. The Kier molecular flexibility index (Phi) is 6.87. The Hall–Kier alpha value is -2.78. The standard InChI is InChI=1S/C18H29N5O5/c1-11(2)9-22(13(24)5-6-21-7-8-28-18(21)27)14-15(19)23(10-12(3)4)17(26)20-16(14)25/h11-12H,5-10,19H2,1-4H3,(H,20,25,26). The zero-order chi connectivity index (χ0) is 21.0. The van der Waals surface area contributed by atoms with Crippen molar-refractivity contribution in [2.75, 3.05) is 36.9 Å². The summed E-state index contributed by atoms with van der Waals surface area (Å²) in [6.45, 7) is 9.16. The fourth-order valence-corrected chi connectivity index (χ4v) is 3.06. The quantitative estimate of drug-likeness (QED) is 0.663. The molecule has 0 radical (unpaired) electrons. The second-order valence-corrected chi connectivity index (χ2v) is 7.75. The zero-order valence-corrected chi connectivity index (χ0v) is 16.9. The fraction of sp³-hybridized carbons (Fsp3) is 0.667. The van der Waals surface area contributed by atoms with E-state index in [0.717, 1.165) is 0 Å². The van der Waals surface area contributed by atoms with Crippen LogP contribution in [0.15, 0.2) is 9.59 Å². The Morgan fingerprint density at radius 2 is 1.89 bits per heavy atom. The van der Waals surface area contributed by atoms with Crippen molar-refractivity contribution < 1.29 is 14.3 Å². The first kappa shape index (κ1) is 21.5. The van der Waals surface area contributed by atoms with Gasteiger partial charge in [-0.25, -0.2) is 9.59 Å². The van der Waals surface area contributed by atoms with Crippen LogP contribution >= 0.6 is 0 Å². The second-order valence-electron chi connectivity index (χ2n) is 7.75. The number of aromatic amines is 1. The van der Waals surface area contributed by atoms with Crippen LogP contribution in [0.25, 0.3) is 0 Å². The van der Waals surface area contributed by atoms with Gasteiger partial charge in [0, 0.05) is 26.1 Å². The van der Waals surface area contributed by atoms with Crippen molar-refractivity contribution in [2.24, 2.45) is 11.8 Å². The van der Waals surface area contributed by atoms with Crippen LogP contribution < -0.4 is 21.9 Å². The number of amides is 2. The predicted molar refractivity (Wildman–Crippen MR) is 105 cm³/mol. The van der Waals surface area contributed by atoms with Gasteiger partial charge in [0.15, 0.2) is 5.69 Å². The van der Waals surface area contributed by atoms with Crippen LogP contribution in [0.1, 0.15) is 34.1 Å². The smallest absolute Gasteiger partial charge is 0.409 e. The molecule has 0 spiro atoms. The maximum Gasteiger partial charge on any atom is 0.409 e. The second kappa shape index (κ2) is 8.94. The summed E-state index contributed by atoms with van der Waals surface area (Å²) in [5.74, 6) is -0.198. The van der Waals surface area contributed by atoms with Crippen LogP contribution in [0.5, 0.6) is 0 Å². The first-order valence-corrected chi connectivity index (χ1v) is 9.46. The molecule has 2 heterocycles. The zero-order valence-electron chi connectivity index (χ0n) is 16.9. The maximum atomic E-state index is 12.9. The van der Waals surface area contributed by atoms with Gasteiger partial charge in [-0.1, -0.05) is 27.7 Å². The Labute approximate surface area is 163 Å². The normalized spacial score (nSPS) is 14.1. The van der Waals surface area contributed by atoms with Crippen molar-refractivity contribution in [3.8, 4) is 0 Å². The van der Waals surface area contributed by atoms with Crippen LogP contribution in [0.2, 0.25) is 0 Å². The Morgan fingerprint density at radius 1 is 1.21 bits per heavy atom. The van der Waals surface area contributed by atoms with Crippen molar-refractivity contribution >= 4 is 23.5 Å². The summed E-state index contributed by atoms with van der Waals surface area (Å²) < 4.78 is 6.14.